The molecule has 3 aromatic rings. The smallest absolute Gasteiger partial charge is 0.275 e. The van der Waals surface area contributed by atoms with Crippen molar-refractivity contribution in [2.24, 2.45) is 4.99 Å². The number of anilines is 2. The molecule has 128 valence electrons. The zero-order valence-electron chi connectivity index (χ0n) is 13.6. The summed E-state index contributed by atoms with van der Waals surface area (Å²) in [4.78, 5) is 16.7. The number of nitrogens with two attached hydrogens (primary N) is 1. The lowest BCUT2D eigenvalue weighted by atomic mass is 10.1. The third kappa shape index (κ3) is 3.32. The number of hydrogen-bond acceptors (Lipinski definition) is 4. The number of hydrogen-bond donors (Lipinski definition) is 2. The Kier molecular flexibility index (Phi) is 4.18. The SMILES string of the molecule is Nc1ccc(Oc2ccc(N=C3C(=O)Nc4ccc(Br)cc43)cc2)cc1. The van der Waals surface area contributed by atoms with Gasteiger partial charge in [-0.25, -0.2) is 4.99 Å². The van der Waals surface area contributed by atoms with Gasteiger partial charge in [0.25, 0.3) is 5.91 Å². The summed E-state index contributed by atoms with van der Waals surface area (Å²) in [6, 6.07) is 20.0. The minimum atomic E-state index is -0.208. The number of fused-ring (bicyclic) bond motifs is 1. The molecule has 3 aromatic carbocycles. The number of nitrogen functional groups attached to an aromatic ring is 1. The Morgan fingerprint density at radius 2 is 1.58 bits per heavy atom. The second-order valence-corrected chi connectivity index (χ2v) is 6.69. The molecule has 1 heterocycles. The molecular formula is C20H14BrN3O2. The highest BCUT2D eigenvalue weighted by molar-refractivity contribution is 9.10. The van der Waals surface area contributed by atoms with Gasteiger partial charge in [0, 0.05) is 15.7 Å². The molecular weight excluding hydrogens is 394 g/mol. The van der Waals surface area contributed by atoms with Gasteiger partial charge in [0.15, 0.2) is 0 Å². The first kappa shape index (κ1) is 16.4. The van der Waals surface area contributed by atoms with Crippen LogP contribution in [-0.4, -0.2) is 11.6 Å². The molecule has 26 heavy (non-hydrogen) atoms. The zero-order valence-corrected chi connectivity index (χ0v) is 15.2. The summed E-state index contributed by atoms with van der Waals surface area (Å²) in [5, 5.41) is 2.82. The van der Waals surface area contributed by atoms with Crippen LogP contribution in [0.5, 0.6) is 11.5 Å². The minimum absolute atomic E-state index is 0.208. The first-order valence-electron chi connectivity index (χ1n) is 7.92. The Hall–Kier alpha value is -3.12. The molecule has 0 aromatic heterocycles. The Morgan fingerprint density at radius 1 is 0.923 bits per heavy atom. The van der Waals surface area contributed by atoms with Crippen LogP contribution in [0.1, 0.15) is 5.56 Å². The predicted molar refractivity (Wildman–Crippen MR) is 106 cm³/mol. The summed E-state index contributed by atoms with van der Waals surface area (Å²) in [7, 11) is 0. The van der Waals surface area contributed by atoms with E-state index in [9.17, 15) is 4.79 Å². The van der Waals surface area contributed by atoms with Crippen molar-refractivity contribution in [3.05, 3.63) is 76.8 Å². The number of aliphatic imine (C=N–C) groups is 1. The predicted octanol–water partition coefficient (Wildman–Crippen LogP) is 4.90. The number of halogens is 1. The second-order valence-electron chi connectivity index (χ2n) is 5.77. The molecule has 5 nitrogen and oxygen atoms in total. The number of amides is 1. The van der Waals surface area contributed by atoms with E-state index in [0.29, 0.717) is 28.6 Å². The number of nitrogens with one attached hydrogen (secondary N) is 1. The van der Waals surface area contributed by atoms with Crippen LogP contribution in [0, 0.1) is 0 Å². The monoisotopic (exact) mass is 407 g/mol. The molecule has 1 amide bonds. The van der Waals surface area contributed by atoms with Gasteiger partial charge in [0.05, 0.1) is 11.4 Å². The van der Waals surface area contributed by atoms with E-state index < -0.39 is 0 Å². The van der Waals surface area contributed by atoms with Crippen LogP contribution in [0.4, 0.5) is 17.1 Å². The van der Waals surface area contributed by atoms with E-state index in [2.05, 4.69) is 26.2 Å². The molecule has 0 spiro atoms. The van der Waals surface area contributed by atoms with Gasteiger partial charge < -0.3 is 15.8 Å². The van der Waals surface area contributed by atoms with Crippen molar-refractivity contribution in [2.75, 3.05) is 11.1 Å². The van der Waals surface area contributed by atoms with Crippen LogP contribution in [-0.2, 0) is 4.79 Å². The van der Waals surface area contributed by atoms with Gasteiger partial charge in [-0.3, -0.25) is 4.79 Å². The molecule has 0 atom stereocenters. The van der Waals surface area contributed by atoms with Gasteiger partial charge in [-0.1, -0.05) is 15.9 Å². The van der Waals surface area contributed by atoms with E-state index in [4.69, 9.17) is 10.5 Å². The normalized spacial score (nSPS) is 14.2. The maximum atomic E-state index is 12.2. The highest BCUT2D eigenvalue weighted by Crippen LogP contribution is 2.30. The summed E-state index contributed by atoms with van der Waals surface area (Å²) >= 11 is 3.42. The van der Waals surface area contributed by atoms with Crippen LogP contribution in [0.3, 0.4) is 0 Å². The zero-order chi connectivity index (χ0) is 18.1. The van der Waals surface area contributed by atoms with Gasteiger partial charge in [-0.2, -0.15) is 0 Å². The van der Waals surface area contributed by atoms with Gasteiger partial charge in [-0.05, 0) is 66.7 Å². The van der Waals surface area contributed by atoms with Crippen molar-refractivity contribution >= 4 is 44.6 Å². The van der Waals surface area contributed by atoms with E-state index in [0.717, 1.165) is 15.7 Å². The average molecular weight is 408 g/mol. The number of carbonyl (C=O) groups is 1. The highest BCUT2D eigenvalue weighted by Gasteiger charge is 2.25. The van der Waals surface area contributed by atoms with Crippen LogP contribution < -0.4 is 15.8 Å². The third-order valence-corrected chi connectivity index (χ3v) is 4.39. The molecule has 3 N–H and O–H groups in total. The molecule has 0 radical (unpaired) electrons. The molecule has 0 bridgehead atoms. The summed E-state index contributed by atoms with van der Waals surface area (Å²) in [5.41, 5.74) is 8.97. The molecule has 0 fully saturated rings. The Morgan fingerprint density at radius 3 is 2.27 bits per heavy atom. The molecule has 1 aliphatic rings. The number of ether oxygens (including phenoxy) is 1. The van der Waals surface area contributed by atoms with Crippen molar-refractivity contribution in [3.8, 4) is 11.5 Å². The average Bonchev–Trinajstić information content (AvgIpc) is 2.94. The summed E-state index contributed by atoms with van der Waals surface area (Å²) in [6.45, 7) is 0. The maximum absolute atomic E-state index is 12.2. The summed E-state index contributed by atoms with van der Waals surface area (Å²) in [5.74, 6) is 1.17. The molecule has 6 heteroatoms. The number of nitrogens with zero attached hydrogens (tertiary/aromatic N) is 1. The highest BCUT2D eigenvalue weighted by atomic mass is 79.9. The quantitative estimate of drug-likeness (QED) is 0.606. The van der Waals surface area contributed by atoms with Crippen molar-refractivity contribution in [2.45, 2.75) is 0 Å². The van der Waals surface area contributed by atoms with Crippen LogP contribution in [0.2, 0.25) is 0 Å². The third-order valence-electron chi connectivity index (χ3n) is 3.89. The fourth-order valence-electron chi connectivity index (χ4n) is 2.63. The Balaban J connectivity index is 1.58. The fourth-order valence-corrected chi connectivity index (χ4v) is 2.99. The second kappa shape index (κ2) is 6.65. The van der Waals surface area contributed by atoms with E-state index in [1.807, 2.05) is 42.5 Å². The summed E-state index contributed by atoms with van der Waals surface area (Å²) in [6.07, 6.45) is 0. The topological polar surface area (TPSA) is 76.7 Å². The largest absolute Gasteiger partial charge is 0.457 e. The number of rotatable bonds is 3. The fraction of sp³-hybridized carbons (Fsp3) is 0. The van der Waals surface area contributed by atoms with E-state index in [1.54, 1.807) is 24.3 Å². The Labute approximate surface area is 158 Å². The van der Waals surface area contributed by atoms with Crippen molar-refractivity contribution in [1.29, 1.82) is 0 Å². The minimum Gasteiger partial charge on any atom is -0.457 e. The summed E-state index contributed by atoms with van der Waals surface area (Å²) < 4.78 is 6.66. The van der Waals surface area contributed by atoms with Gasteiger partial charge in [0.2, 0.25) is 0 Å². The molecule has 0 saturated carbocycles. The van der Waals surface area contributed by atoms with Crippen LogP contribution in [0.15, 0.2) is 76.2 Å². The number of benzene rings is 3. The molecule has 0 saturated heterocycles. The van der Waals surface area contributed by atoms with Crippen molar-refractivity contribution < 1.29 is 9.53 Å². The molecule has 4 rings (SSSR count). The van der Waals surface area contributed by atoms with Crippen LogP contribution in [0.25, 0.3) is 0 Å². The number of carbonyl (C=O) groups excluding carboxylic acids is 1. The van der Waals surface area contributed by atoms with Crippen molar-refractivity contribution in [1.82, 2.24) is 0 Å². The first-order valence-corrected chi connectivity index (χ1v) is 8.71. The molecule has 0 unspecified atom stereocenters. The van der Waals surface area contributed by atoms with Gasteiger partial charge in [0.1, 0.15) is 17.2 Å². The van der Waals surface area contributed by atoms with E-state index in [1.165, 1.54) is 0 Å². The van der Waals surface area contributed by atoms with E-state index >= 15 is 0 Å². The van der Waals surface area contributed by atoms with Gasteiger partial charge in [-0.15, -0.1) is 0 Å². The van der Waals surface area contributed by atoms with Gasteiger partial charge >= 0.3 is 0 Å². The van der Waals surface area contributed by atoms with Crippen molar-refractivity contribution in [3.63, 3.8) is 0 Å². The lowest BCUT2D eigenvalue weighted by Gasteiger charge is -2.06. The van der Waals surface area contributed by atoms with Crippen LogP contribution >= 0.6 is 15.9 Å². The lowest BCUT2D eigenvalue weighted by Crippen LogP contribution is -2.13. The first-order chi connectivity index (χ1) is 12.6. The molecule has 1 aliphatic heterocycles. The maximum Gasteiger partial charge on any atom is 0.275 e. The molecule has 0 aliphatic carbocycles. The lowest BCUT2D eigenvalue weighted by molar-refractivity contribution is -0.110. The Bertz CT molecular complexity index is 1010. The van der Waals surface area contributed by atoms with E-state index in [-0.39, 0.29) is 5.91 Å². The standard InChI is InChI=1S/C20H14BrN3O2/c21-12-1-10-18-17(11-12)19(20(25)24-18)23-14-4-8-16(9-5-14)26-15-6-2-13(22)3-7-15/h1-11H,22H2,(H,23,24,25).